The van der Waals surface area contributed by atoms with E-state index in [2.05, 4.69) is 53.7 Å². The molecule has 0 aromatic heterocycles. The molecule has 2 aromatic carbocycles. The molecule has 1 aliphatic rings. The van der Waals surface area contributed by atoms with Gasteiger partial charge in [-0.3, -0.25) is 0 Å². The number of rotatable bonds is 2. The first kappa shape index (κ1) is 11.4. The van der Waals surface area contributed by atoms with Gasteiger partial charge < -0.3 is 15.0 Å². The van der Waals surface area contributed by atoms with Crippen LogP contribution in [0.1, 0.15) is 0 Å². The highest BCUT2D eigenvalue weighted by Gasteiger charge is 2.25. The number of nitrogens with zero attached hydrogens (tertiary/aromatic N) is 1. The predicted molar refractivity (Wildman–Crippen MR) is 75.6 cm³/mol. The summed E-state index contributed by atoms with van der Waals surface area (Å²) < 4.78 is 5.99. The minimum Gasteiger partial charge on any atom is -0.489 e. The van der Waals surface area contributed by atoms with Gasteiger partial charge >= 0.3 is 0 Å². The van der Waals surface area contributed by atoms with Gasteiger partial charge in [-0.15, -0.1) is 0 Å². The summed E-state index contributed by atoms with van der Waals surface area (Å²) in [5.41, 5.74) is 1.18. The topological polar surface area (TPSA) is 24.5 Å². The fraction of sp³-hybridized carbons (Fsp3) is 0.333. The maximum atomic E-state index is 5.99. The summed E-state index contributed by atoms with van der Waals surface area (Å²) in [6, 6.07) is 13.1. The Balaban J connectivity index is 2.09. The van der Waals surface area contributed by atoms with Crippen LogP contribution >= 0.6 is 0 Å². The van der Waals surface area contributed by atoms with Gasteiger partial charge in [0.1, 0.15) is 6.61 Å². The summed E-state index contributed by atoms with van der Waals surface area (Å²) in [5, 5.41) is 5.65. The average Bonchev–Trinajstić information content (AvgIpc) is 2.42. The second-order valence-corrected chi connectivity index (χ2v) is 4.77. The highest BCUT2D eigenvalue weighted by molar-refractivity contribution is 5.94. The molecular weight excluding hydrogens is 224 g/mol. The molecule has 1 unspecified atom stereocenters. The van der Waals surface area contributed by atoms with Crippen LogP contribution in [0, 0.1) is 0 Å². The second-order valence-electron chi connectivity index (χ2n) is 4.77. The average molecular weight is 242 g/mol. The van der Waals surface area contributed by atoms with E-state index in [1.165, 1.54) is 16.5 Å². The quantitative estimate of drug-likeness (QED) is 0.874. The SMILES string of the molecule is CNCC1COc2c(ccc3ccccc23)N1C. The van der Waals surface area contributed by atoms with Crippen molar-refractivity contribution < 1.29 is 4.74 Å². The Morgan fingerprint density at radius 2 is 2.11 bits per heavy atom. The molecule has 3 rings (SSSR count). The van der Waals surface area contributed by atoms with Crippen molar-refractivity contribution in [3.63, 3.8) is 0 Å². The monoisotopic (exact) mass is 242 g/mol. The van der Waals surface area contributed by atoms with Crippen LogP contribution in [0.3, 0.4) is 0 Å². The molecular formula is C15H18N2O. The number of benzene rings is 2. The Morgan fingerprint density at radius 3 is 2.94 bits per heavy atom. The van der Waals surface area contributed by atoms with Crippen molar-refractivity contribution in [2.75, 3.05) is 32.1 Å². The molecule has 1 atom stereocenters. The highest BCUT2D eigenvalue weighted by atomic mass is 16.5. The van der Waals surface area contributed by atoms with Crippen LogP contribution in [0.5, 0.6) is 5.75 Å². The Bertz CT molecular complexity index is 567. The van der Waals surface area contributed by atoms with Gasteiger partial charge in [-0.05, 0) is 18.5 Å². The smallest absolute Gasteiger partial charge is 0.150 e. The van der Waals surface area contributed by atoms with Gasteiger partial charge in [-0.2, -0.15) is 0 Å². The van der Waals surface area contributed by atoms with E-state index in [9.17, 15) is 0 Å². The van der Waals surface area contributed by atoms with Gasteiger partial charge in [-0.25, -0.2) is 0 Å². The predicted octanol–water partition coefficient (Wildman–Crippen LogP) is 2.26. The van der Waals surface area contributed by atoms with Crippen molar-refractivity contribution in [2.45, 2.75) is 6.04 Å². The Morgan fingerprint density at radius 1 is 1.28 bits per heavy atom. The third-order valence-corrected chi connectivity index (χ3v) is 3.65. The molecule has 1 N–H and O–H groups in total. The number of likely N-dealkylation sites (N-methyl/N-ethyl adjacent to an activating group) is 2. The van der Waals surface area contributed by atoms with E-state index in [4.69, 9.17) is 4.74 Å². The van der Waals surface area contributed by atoms with Gasteiger partial charge in [0.15, 0.2) is 5.75 Å². The van der Waals surface area contributed by atoms with Crippen LogP contribution in [0.2, 0.25) is 0 Å². The fourth-order valence-electron chi connectivity index (χ4n) is 2.58. The number of ether oxygens (including phenoxy) is 1. The largest absolute Gasteiger partial charge is 0.489 e. The maximum absolute atomic E-state index is 5.99. The second kappa shape index (κ2) is 4.50. The number of hydrogen-bond acceptors (Lipinski definition) is 3. The normalized spacial score (nSPS) is 18.6. The van der Waals surface area contributed by atoms with E-state index in [0.717, 1.165) is 18.9 Å². The fourth-order valence-corrected chi connectivity index (χ4v) is 2.58. The lowest BCUT2D eigenvalue weighted by atomic mass is 10.1. The summed E-state index contributed by atoms with van der Waals surface area (Å²) in [6.45, 7) is 1.67. The zero-order valence-electron chi connectivity index (χ0n) is 10.8. The molecule has 18 heavy (non-hydrogen) atoms. The Kier molecular flexibility index (Phi) is 2.84. The van der Waals surface area contributed by atoms with Crippen molar-refractivity contribution in [3.05, 3.63) is 36.4 Å². The first-order chi connectivity index (χ1) is 8.81. The van der Waals surface area contributed by atoms with Crippen LogP contribution in [0.4, 0.5) is 5.69 Å². The van der Waals surface area contributed by atoms with E-state index < -0.39 is 0 Å². The standard InChI is InChI=1S/C15H18N2O/c1-16-9-12-10-18-15-13-6-4-3-5-11(13)7-8-14(15)17(12)2/h3-8,12,16H,9-10H2,1-2H3. The first-order valence-electron chi connectivity index (χ1n) is 6.33. The van der Waals surface area contributed by atoms with Crippen LogP contribution in [0.15, 0.2) is 36.4 Å². The van der Waals surface area contributed by atoms with Crippen LogP contribution < -0.4 is 15.0 Å². The van der Waals surface area contributed by atoms with Crippen molar-refractivity contribution in [1.82, 2.24) is 5.32 Å². The van der Waals surface area contributed by atoms with E-state index in [1.54, 1.807) is 0 Å². The summed E-state index contributed by atoms with van der Waals surface area (Å²) in [7, 11) is 4.11. The summed E-state index contributed by atoms with van der Waals surface area (Å²) >= 11 is 0. The van der Waals surface area contributed by atoms with Gasteiger partial charge in [-0.1, -0.05) is 30.3 Å². The van der Waals surface area contributed by atoms with E-state index in [-0.39, 0.29) is 0 Å². The molecule has 94 valence electrons. The summed E-state index contributed by atoms with van der Waals surface area (Å²) in [4.78, 5) is 2.31. The molecule has 0 fully saturated rings. The zero-order valence-corrected chi connectivity index (χ0v) is 10.8. The molecule has 0 saturated carbocycles. The summed E-state index contributed by atoms with van der Waals surface area (Å²) in [5.74, 6) is 1.02. The molecule has 3 nitrogen and oxygen atoms in total. The number of hydrogen-bond donors (Lipinski definition) is 1. The molecule has 0 saturated heterocycles. The third kappa shape index (κ3) is 1.71. The molecule has 0 spiro atoms. The lowest BCUT2D eigenvalue weighted by Gasteiger charge is -2.36. The van der Waals surface area contributed by atoms with Crippen LogP contribution in [0.25, 0.3) is 10.8 Å². The first-order valence-corrected chi connectivity index (χ1v) is 6.33. The minimum absolute atomic E-state index is 0.392. The molecule has 3 heteroatoms. The molecule has 1 heterocycles. The maximum Gasteiger partial charge on any atom is 0.150 e. The number of nitrogens with one attached hydrogen (secondary N) is 1. The summed E-state index contributed by atoms with van der Waals surface area (Å²) in [6.07, 6.45) is 0. The molecule has 0 amide bonds. The number of fused-ring (bicyclic) bond motifs is 3. The zero-order chi connectivity index (χ0) is 12.5. The highest BCUT2D eigenvalue weighted by Crippen LogP contribution is 2.39. The number of anilines is 1. The van der Waals surface area contributed by atoms with Crippen molar-refractivity contribution in [3.8, 4) is 5.75 Å². The van der Waals surface area contributed by atoms with E-state index in [0.29, 0.717) is 6.04 Å². The van der Waals surface area contributed by atoms with Crippen molar-refractivity contribution in [2.24, 2.45) is 0 Å². The molecule has 2 aromatic rings. The Labute approximate surface area is 107 Å². The molecule has 0 bridgehead atoms. The van der Waals surface area contributed by atoms with Crippen molar-refractivity contribution in [1.29, 1.82) is 0 Å². The lowest BCUT2D eigenvalue weighted by molar-refractivity contribution is 0.267. The minimum atomic E-state index is 0.392. The van der Waals surface area contributed by atoms with Gasteiger partial charge in [0.05, 0.1) is 11.7 Å². The lowest BCUT2D eigenvalue weighted by Crippen LogP contribution is -2.46. The van der Waals surface area contributed by atoms with Gasteiger partial charge in [0.25, 0.3) is 0 Å². The van der Waals surface area contributed by atoms with Gasteiger partial charge in [0.2, 0.25) is 0 Å². The van der Waals surface area contributed by atoms with E-state index in [1.807, 2.05) is 7.05 Å². The van der Waals surface area contributed by atoms with Crippen LogP contribution in [-0.4, -0.2) is 33.3 Å². The Hall–Kier alpha value is -1.74. The molecule has 0 aliphatic carbocycles. The van der Waals surface area contributed by atoms with Crippen molar-refractivity contribution >= 4 is 16.5 Å². The van der Waals surface area contributed by atoms with Gasteiger partial charge in [0, 0.05) is 19.0 Å². The van der Waals surface area contributed by atoms with E-state index >= 15 is 0 Å². The van der Waals surface area contributed by atoms with Crippen LogP contribution in [-0.2, 0) is 0 Å². The molecule has 0 radical (unpaired) electrons. The third-order valence-electron chi connectivity index (χ3n) is 3.65. The molecule has 1 aliphatic heterocycles.